The molecule has 0 saturated carbocycles. The van der Waals surface area contributed by atoms with Crippen molar-refractivity contribution in [3.8, 4) is 5.75 Å². The Balaban J connectivity index is 0.00000172. The highest BCUT2D eigenvalue weighted by Gasteiger charge is 2.18. The summed E-state index contributed by atoms with van der Waals surface area (Å²) >= 11 is 0. The lowest BCUT2D eigenvalue weighted by Crippen LogP contribution is -2.11. The van der Waals surface area contributed by atoms with E-state index in [2.05, 4.69) is 53.0 Å². The molecule has 0 bridgehead atoms. The van der Waals surface area contributed by atoms with E-state index in [9.17, 15) is 4.79 Å². The highest BCUT2D eigenvalue weighted by Crippen LogP contribution is 2.33. The molecule has 0 aliphatic heterocycles. The third-order valence-corrected chi connectivity index (χ3v) is 2.96. The van der Waals surface area contributed by atoms with Gasteiger partial charge in [0.25, 0.3) is 0 Å². The molecule has 0 aliphatic carbocycles. The Hall–Kier alpha value is -1.57. The third-order valence-electron chi connectivity index (χ3n) is 2.96. The van der Waals surface area contributed by atoms with E-state index in [0.29, 0.717) is 17.1 Å². The first kappa shape index (κ1) is 18.4. The van der Waals surface area contributed by atoms with Gasteiger partial charge in [0.2, 0.25) is 0 Å². The van der Waals surface area contributed by atoms with Gasteiger partial charge >= 0.3 is 5.97 Å². The van der Waals surface area contributed by atoms with Crippen molar-refractivity contribution >= 4 is 5.97 Å². The fourth-order valence-corrected chi connectivity index (χ4v) is 2.21. The van der Waals surface area contributed by atoms with E-state index in [1.165, 1.54) is 12.5 Å². The van der Waals surface area contributed by atoms with E-state index in [-0.39, 0.29) is 5.97 Å². The number of carbonyl (C=O) groups is 1. The van der Waals surface area contributed by atoms with E-state index in [4.69, 9.17) is 4.74 Å². The van der Waals surface area contributed by atoms with Crippen LogP contribution in [-0.2, 0) is 4.79 Å². The minimum atomic E-state index is -0.274. The minimum absolute atomic E-state index is 0.274. The van der Waals surface area contributed by atoms with Crippen molar-refractivity contribution in [2.24, 2.45) is 5.41 Å². The van der Waals surface area contributed by atoms with Gasteiger partial charge in [-0.1, -0.05) is 39.8 Å². The van der Waals surface area contributed by atoms with Crippen LogP contribution in [0.1, 0.15) is 58.9 Å². The summed E-state index contributed by atoms with van der Waals surface area (Å²) in [5.41, 5.74) is 1.65. The molecule has 20 heavy (non-hydrogen) atoms. The van der Waals surface area contributed by atoms with Crippen LogP contribution < -0.4 is 4.74 Å². The first-order valence-corrected chi connectivity index (χ1v) is 7.10. The first-order chi connectivity index (χ1) is 9.31. The van der Waals surface area contributed by atoms with Crippen molar-refractivity contribution in [2.45, 2.75) is 53.4 Å². The molecule has 0 aliphatic rings. The van der Waals surface area contributed by atoms with Crippen molar-refractivity contribution in [3.63, 3.8) is 0 Å². The number of hydrogen-bond donors (Lipinski definition) is 0. The normalized spacial score (nSPS) is 12.1. The van der Waals surface area contributed by atoms with Gasteiger partial charge in [0.1, 0.15) is 5.75 Å². The van der Waals surface area contributed by atoms with Crippen molar-refractivity contribution in [1.29, 1.82) is 0 Å². The maximum absolute atomic E-state index is 10.9. The number of esters is 1. The topological polar surface area (TPSA) is 26.3 Å². The molecule has 112 valence electrons. The van der Waals surface area contributed by atoms with Gasteiger partial charge in [-0.05, 0) is 41.9 Å². The largest absolute Gasteiger partial charge is 0.427 e. The Labute approximate surface area is 123 Å². The van der Waals surface area contributed by atoms with E-state index < -0.39 is 0 Å². The quantitative estimate of drug-likeness (QED) is 0.421. The van der Waals surface area contributed by atoms with Crippen molar-refractivity contribution < 1.29 is 9.53 Å². The molecular weight excluding hydrogens is 248 g/mol. The SMILES string of the molecule is C=C.CCC(CC(C)(C)C)c1ccc(OC(C)=O)cc1. The molecule has 0 spiro atoms. The summed E-state index contributed by atoms with van der Waals surface area (Å²) in [7, 11) is 0. The van der Waals surface area contributed by atoms with Gasteiger partial charge < -0.3 is 4.74 Å². The Bertz CT molecular complexity index is 398. The fraction of sp³-hybridized carbons (Fsp3) is 0.500. The van der Waals surface area contributed by atoms with Crippen LogP contribution >= 0.6 is 0 Å². The molecule has 0 radical (unpaired) electrons. The lowest BCUT2D eigenvalue weighted by atomic mass is 9.80. The fourth-order valence-electron chi connectivity index (χ4n) is 2.21. The van der Waals surface area contributed by atoms with Gasteiger partial charge in [-0.3, -0.25) is 4.79 Å². The Morgan fingerprint density at radius 1 is 1.20 bits per heavy atom. The molecule has 1 rings (SSSR count). The second-order valence-corrected chi connectivity index (χ2v) is 6.03. The Kier molecular flexibility index (Phi) is 7.90. The summed E-state index contributed by atoms with van der Waals surface area (Å²) in [4.78, 5) is 10.9. The molecule has 0 amide bonds. The lowest BCUT2D eigenvalue weighted by molar-refractivity contribution is -0.131. The second kappa shape index (κ2) is 8.57. The van der Waals surface area contributed by atoms with Crippen LogP contribution in [0.4, 0.5) is 0 Å². The summed E-state index contributed by atoms with van der Waals surface area (Å²) in [5, 5.41) is 0. The van der Waals surface area contributed by atoms with Crippen LogP contribution in [0.3, 0.4) is 0 Å². The predicted molar refractivity (Wildman–Crippen MR) is 86.1 cm³/mol. The molecule has 2 heteroatoms. The summed E-state index contributed by atoms with van der Waals surface area (Å²) in [6.07, 6.45) is 2.29. The number of rotatable bonds is 4. The van der Waals surface area contributed by atoms with Crippen LogP contribution in [0.5, 0.6) is 5.75 Å². The number of benzene rings is 1. The minimum Gasteiger partial charge on any atom is -0.427 e. The zero-order valence-corrected chi connectivity index (χ0v) is 13.5. The van der Waals surface area contributed by atoms with E-state index in [1.807, 2.05) is 12.1 Å². The molecule has 0 fully saturated rings. The molecule has 0 N–H and O–H groups in total. The summed E-state index contributed by atoms with van der Waals surface area (Å²) < 4.78 is 5.04. The highest BCUT2D eigenvalue weighted by atomic mass is 16.5. The predicted octanol–water partition coefficient (Wildman–Crippen LogP) is 5.34. The summed E-state index contributed by atoms with van der Waals surface area (Å²) in [6.45, 7) is 16.4. The molecule has 1 aromatic carbocycles. The van der Waals surface area contributed by atoms with Crippen molar-refractivity contribution in [2.75, 3.05) is 0 Å². The van der Waals surface area contributed by atoms with E-state index in [1.54, 1.807) is 0 Å². The van der Waals surface area contributed by atoms with Crippen molar-refractivity contribution in [3.05, 3.63) is 43.0 Å². The number of carbonyl (C=O) groups excluding carboxylic acids is 1. The summed E-state index contributed by atoms with van der Waals surface area (Å²) in [6, 6.07) is 7.89. The average molecular weight is 276 g/mol. The van der Waals surface area contributed by atoms with Gasteiger partial charge in [-0.2, -0.15) is 0 Å². The maximum atomic E-state index is 10.9. The zero-order chi connectivity index (χ0) is 15.8. The smallest absolute Gasteiger partial charge is 0.308 e. The van der Waals surface area contributed by atoms with Gasteiger partial charge in [-0.15, -0.1) is 13.2 Å². The van der Waals surface area contributed by atoms with Crippen LogP contribution in [0.2, 0.25) is 0 Å². The molecule has 2 nitrogen and oxygen atoms in total. The molecule has 1 unspecified atom stereocenters. The van der Waals surface area contributed by atoms with Crippen LogP contribution in [0, 0.1) is 5.41 Å². The molecule has 0 saturated heterocycles. The number of ether oxygens (including phenoxy) is 1. The molecule has 0 aromatic heterocycles. The maximum Gasteiger partial charge on any atom is 0.308 e. The summed E-state index contributed by atoms with van der Waals surface area (Å²) in [5.74, 6) is 0.915. The number of hydrogen-bond acceptors (Lipinski definition) is 2. The zero-order valence-electron chi connectivity index (χ0n) is 13.5. The standard InChI is InChI=1S/C16H24O2.C2H4/c1-6-13(11-16(3,4)5)14-7-9-15(10-8-14)18-12(2)17;1-2/h7-10,13H,6,11H2,1-5H3;1-2H2. The highest BCUT2D eigenvalue weighted by molar-refractivity contribution is 5.69. The molecule has 0 heterocycles. The molecule has 1 aromatic rings. The molecular formula is C18H28O2. The van der Waals surface area contributed by atoms with Crippen molar-refractivity contribution in [1.82, 2.24) is 0 Å². The van der Waals surface area contributed by atoms with Crippen LogP contribution in [0.25, 0.3) is 0 Å². The van der Waals surface area contributed by atoms with Gasteiger partial charge in [-0.25, -0.2) is 0 Å². The van der Waals surface area contributed by atoms with E-state index >= 15 is 0 Å². The van der Waals surface area contributed by atoms with Crippen LogP contribution in [0.15, 0.2) is 37.4 Å². The average Bonchev–Trinajstić information content (AvgIpc) is 2.38. The third kappa shape index (κ3) is 7.13. The van der Waals surface area contributed by atoms with E-state index in [0.717, 1.165) is 12.8 Å². The van der Waals surface area contributed by atoms with Gasteiger partial charge in [0.05, 0.1) is 0 Å². The first-order valence-electron chi connectivity index (χ1n) is 7.10. The van der Waals surface area contributed by atoms with Gasteiger partial charge in [0.15, 0.2) is 0 Å². The second-order valence-electron chi connectivity index (χ2n) is 6.03. The molecule has 1 atom stereocenters. The van der Waals surface area contributed by atoms with Gasteiger partial charge in [0, 0.05) is 6.92 Å². The Morgan fingerprint density at radius 3 is 2.05 bits per heavy atom. The van der Waals surface area contributed by atoms with Crippen LogP contribution in [-0.4, -0.2) is 5.97 Å². The monoisotopic (exact) mass is 276 g/mol. The Morgan fingerprint density at radius 2 is 1.70 bits per heavy atom. The lowest BCUT2D eigenvalue weighted by Gasteiger charge is -2.25.